The van der Waals surface area contributed by atoms with Gasteiger partial charge in [-0.25, -0.2) is 0 Å². The van der Waals surface area contributed by atoms with Crippen molar-refractivity contribution in [3.8, 4) is 0 Å². The summed E-state index contributed by atoms with van der Waals surface area (Å²) in [6, 6.07) is 0.561. The molecule has 1 aliphatic heterocycles. The third kappa shape index (κ3) is 1.93. The summed E-state index contributed by atoms with van der Waals surface area (Å²) < 4.78 is 5.24. The van der Waals surface area contributed by atoms with Gasteiger partial charge >= 0.3 is 0 Å². The van der Waals surface area contributed by atoms with Crippen LogP contribution in [0.25, 0.3) is 0 Å². The molecule has 2 rings (SSSR count). The zero-order chi connectivity index (χ0) is 10.2. The van der Waals surface area contributed by atoms with Crippen molar-refractivity contribution >= 4 is 11.8 Å². The van der Waals surface area contributed by atoms with Crippen molar-refractivity contribution in [2.45, 2.75) is 38.1 Å². The number of nitrogens with one attached hydrogen (secondary N) is 1. The lowest BCUT2D eigenvalue weighted by Crippen LogP contribution is -2.54. The van der Waals surface area contributed by atoms with Gasteiger partial charge in [-0.3, -0.25) is 0 Å². The summed E-state index contributed by atoms with van der Waals surface area (Å²) in [6.45, 7) is 7.01. The molecule has 1 aliphatic rings. The molecule has 1 aromatic heterocycles. The average molecular weight is 213 g/mol. The van der Waals surface area contributed by atoms with E-state index in [-0.39, 0.29) is 0 Å². The highest BCUT2D eigenvalue weighted by Gasteiger charge is 2.38. The number of thioether (sulfide) groups is 1. The second kappa shape index (κ2) is 3.55. The van der Waals surface area contributed by atoms with Crippen molar-refractivity contribution in [2.75, 3.05) is 5.75 Å². The molecule has 1 fully saturated rings. The summed E-state index contributed by atoms with van der Waals surface area (Å²) >= 11 is 1.98. The predicted molar refractivity (Wildman–Crippen MR) is 56.2 cm³/mol. The van der Waals surface area contributed by atoms with Crippen LogP contribution in [0.3, 0.4) is 0 Å². The van der Waals surface area contributed by atoms with Gasteiger partial charge in [-0.05, 0) is 13.8 Å². The highest BCUT2D eigenvalue weighted by Crippen LogP contribution is 2.39. The van der Waals surface area contributed by atoms with Crippen LogP contribution in [0.15, 0.2) is 4.52 Å². The fourth-order valence-corrected chi connectivity index (χ4v) is 2.63. The van der Waals surface area contributed by atoms with Crippen LogP contribution in [-0.2, 0) is 6.54 Å². The molecule has 0 saturated carbocycles. The third-order valence-corrected chi connectivity index (χ3v) is 4.07. The molecule has 0 bridgehead atoms. The zero-order valence-electron chi connectivity index (χ0n) is 8.70. The number of aryl methyl sites for hydroxylation is 1. The van der Waals surface area contributed by atoms with Gasteiger partial charge in [-0.15, -0.1) is 0 Å². The molecule has 0 amide bonds. The fraction of sp³-hybridized carbons (Fsp3) is 0.778. The third-order valence-electron chi connectivity index (χ3n) is 2.54. The van der Waals surface area contributed by atoms with E-state index in [9.17, 15) is 0 Å². The summed E-state index contributed by atoms with van der Waals surface area (Å²) in [5, 5.41) is 7.27. The van der Waals surface area contributed by atoms with E-state index >= 15 is 0 Å². The molecule has 78 valence electrons. The zero-order valence-corrected chi connectivity index (χ0v) is 9.52. The minimum absolute atomic E-state index is 0.346. The van der Waals surface area contributed by atoms with Gasteiger partial charge in [0.05, 0.1) is 6.54 Å². The maximum absolute atomic E-state index is 4.89. The lowest BCUT2D eigenvalue weighted by Gasteiger charge is -2.44. The summed E-state index contributed by atoms with van der Waals surface area (Å²) in [4.78, 5) is 4.14. The molecule has 2 heterocycles. The van der Waals surface area contributed by atoms with E-state index in [1.54, 1.807) is 6.92 Å². The van der Waals surface area contributed by atoms with Crippen molar-refractivity contribution in [1.82, 2.24) is 15.5 Å². The summed E-state index contributed by atoms with van der Waals surface area (Å²) in [7, 11) is 0. The van der Waals surface area contributed by atoms with Gasteiger partial charge in [0.15, 0.2) is 5.82 Å². The number of aromatic nitrogens is 2. The number of hydrogen-bond acceptors (Lipinski definition) is 5. The van der Waals surface area contributed by atoms with E-state index in [1.807, 2.05) is 11.8 Å². The first kappa shape index (κ1) is 9.98. The molecule has 0 spiro atoms. The van der Waals surface area contributed by atoms with Crippen LogP contribution in [-0.4, -0.2) is 26.7 Å². The molecule has 1 atom stereocenters. The molecule has 1 aromatic rings. The van der Waals surface area contributed by atoms with E-state index in [0.717, 1.165) is 5.82 Å². The molecule has 1 saturated heterocycles. The molecular weight excluding hydrogens is 198 g/mol. The predicted octanol–water partition coefficient (Wildman–Crippen LogP) is 1.36. The van der Waals surface area contributed by atoms with Crippen LogP contribution in [0.1, 0.15) is 25.6 Å². The molecule has 14 heavy (non-hydrogen) atoms. The second-order valence-corrected chi connectivity index (χ2v) is 5.75. The lowest BCUT2D eigenvalue weighted by atomic mass is 10.0. The van der Waals surface area contributed by atoms with Crippen molar-refractivity contribution in [1.29, 1.82) is 0 Å². The van der Waals surface area contributed by atoms with Gasteiger partial charge in [0.25, 0.3) is 0 Å². The Kier molecular flexibility index (Phi) is 2.53. The first-order valence-electron chi connectivity index (χ1n) is 4.74. The van der Waals surface area contributed by atoms with Crippen LogP contribution >= 0.6 is 11.8 Å². The monoisotopic (exact) mass is 213 g/mol. The van der Waals surface area contributed by atoms with Crippen molar-refractivity contribution in [3.63, 3.8) is 0 Å². The molecule has 0 radical (unpaired) electrons. The Balaban J connectivity index is 1.83. The van der Waals surface area contributed by atoms with Crippen LogP contribution < -0.4 is 5.32 Å². The maximum atomic E-state index is 4.89. The Bertz CT molecular complexity index is 324. The van der Waals surface area contributed by atoms with Crippen molar-refractivity contribution < 1.29 is 4.52 Å². The van der Waals surface area contributed by atoms with Crippen molar-refractivity contribution in [3.05, 3.63) is 11.7 Å². The molecule has 1 unspecified atom stereocenters. The molecule has 0 aromatic carbocycles. The fourth-order valence-electron chi connectivity index (χ4n) is 1.43. The molecule has 0 aliphatic carbocycles. The molecule has 5 heteroatoms. The minimum Gasteiger partial charge on any atom is -0.340 e. The van der Waals surface area contributed by atoms with Gasteiger partial charge in [0.2, 0.25) is 5.89 Å². The van der Waals surface area contributed by atoms with Crippen LogP contribution in [0.5, 0.6) is 0 Å². The van der Waals surface area contributed by atoms with Crippen LogP contribution in [0.2, 0.25) is 0 Å². The van der Waals surface area contributed by atoms with Gasteiger partial charge in [0, 0.05) is 23.5 Å². The first-order valence-corrected chi connectivity index (χ1v) is 5.73. The first-order chi connectivity index (χ1) is 6.58. The highest BCUT2D eigenvalue weighted by atomic mass is 32.2. The van der Waals surface area contributed by atoms with E-state index in [2.05, 4.69) is 29.3 Å². The van der Waals surface area contributed by atoms with Gasteiger partial charge in [0.1, 0.15) is 0 Å². The Morgan fingerprint density at radius 1 is 1.64 bits per heavy atom. The van der Waals surface area contributed by atoms with Gasteiger partial charge in [-0.1, -0.05) is 5.16 Å². The SMILES string of the molecule is Cc1nc(CNC2CSC2(C)C)no1. The Labute approximate surface area is 87.8 Å². The van der Waals surface area contributed by atoms with E-state index in [4.69, 9.17) is 4.52 Å². The summed E-state index contributed by atoms with van der Waals surface area (Å²) in [5.74, 6) is 2.54. The van der Waals surface area contributed by atoms with Gasteiger partial charge < -0.3 is 9.84 Å². The van der Waals surface area contributed by atoms with Crippen LogP contribution in [0.4, 0.5) is 0 Å². The average Bonchev–Trinajstić information content (AvgIpc) is 2.50. The molecular formula is C9H15N3OS. The highest BCUT2D eigenvalue weighted by molar-refractivity contribution is 8.02. The number of rotatable bonds is 3. The number of hydrogen-bond donors (Lipinski definition) is 1. The van der Waals surface area contributed by atoms with E-state index in [0.29, 0.717) is 23.2 Å². The van der Waals surface area contributed by atoms with Crippen molar-refractivity contribution in [2.24, 2.45) is 0 Å². The summed E-state index contributed by atoms with van der Waals surface area (Å²) in [5.41, 5.74) is 0. The van der Waals surface area contributed by atoms with Gasteiger partial charge in [-0.2, -0.15) is 16.7 Å². The molecule has 1 N–H and O–H groups in total. The quantitative estimate of drug-likeness (QED) is 0.821. The Morgan fingerprint density at radius 3 is 2.86 bits per heavy atom. The lowest BCUT2D eigenvalue weighted by molar-refractivity contribution is 0.378. The maximum Gasteiger partial charge on any atom is 0.223 e. The normalized spacial score (nSPS) is 24.6. The second-order valence-electron chi connectivity index (χ2n) is 4.08. The minimum atomic E-state index is 0.346. The number of nitrogens with zero attached hydrogens (tertiary/aromatic N) is 2. The van der Waals surface area contributed by atoms with E-state index < -0.39 is 0 Å². The Morgan fingerprint density at radius 2 is 2.43 bits per heavy atom. The summed E-state index contributed by atoms with van der Waals surface area (Å²) in [6.07, 6.45) is 0. The largest absolute Gasteiger partial charge is 0.340 e. The topological polar surface area (TPSA) is 51.0 Å². The standard InChI is InChI=1S/C9H15N3OS/c1-6-11-8(12-13-6)4-10-7-5-14-9(7,2)3/h7,10H,4-5H2,1-3H3. The Hall–Kier alpha value is -0.550. The van der Waals surface area contributed by atoms with E-state index in [1.165, 1.54) is 5.75 Å². The smallest absolute Gasteiger partial charge is 0.223 e. The molecule has 4 nitrogen and oxygen atoms in total. The van der Waals surface area contributed by atoms with Crippen LogP contribution in [0, 0.1) is 6.92 Å².